The number of nitrogens with zero attached hydrogens (tertiary/aromatic N) is 1. The standard InChI is InChI=1S/C27H34FN3O6.BrH/c1-6-36-20-10-17-13-31(26(29)22(17)23(28)25(20)37-7-2)14-19(32)15-8-16(11-30-12-21(33)34)24(35)18(9-15)27(3,4)5;/h8-10,29-30,35H,6-7,11-14H2,1-5H3,(H,33,34);1H. The fourth-order valence-electron chi connectivity index (χ4n) is 4.29. The van der Waals surface area contributed by atoms with Crippen LogP contribution in [0.3, 0.4) is 0 Å². The average Bonchev–Trinajstić information content (AvgIpc) is 3.11. The Morgan fingerprint density at radius 2 is 1.82 bits per heavy atom. The molecule has 0 saturated heterocycles. The summed E-state index contributed by atoms with van der Waals surface area (Å²) in [7, 11) is 0. The second-order valence-corrected chi connectivity index (χ2v) is 9.82. The topological polar surface area (TPSA) is 132 Å². The van der Waals surface area contributed by atoms with Gasteiger partial charge in [-0.25, -0.2) is 4.39 Å². The lowest BCUT2D eigenvalue weighted by Crippen LogP contribution is -2.31. The van der Waals surface area contributed by atoms with Crippen molar-refractivity contribution in [3.8, 4) is 17.2 Å². The lowest BCUT2D eigenvalue weighted by molar-refractivity contribution is -0.136. The fourth-order valence-corrected chi connectivity index (χ4v) is 4.29. The normalized spacial score (nSPS) is 12.7. The van der Waals surface area contributed by atoms with Crippen molar-refractivity contribution < 1.29 is 33.7 Å². The Bertz CT molecular complexity index is 1230. The molecule has 2 aromatic carbocycles. The molecule has 0 aliphatic carbocycles. The van der Waals surface area contributed by atoms with Gasteiger partial charge in [0.05, 0.1) is 31.9 Å². The van der Waals surface area contributed by atoms with E-state index in [4.69, 9.17) is 20.0 Å². The van der Waals surface area contributed by atoms with Crippen LogP contribution in [0, 0.1) is 11.2 Å². The summed E-state index contributed by atoms with van der Waals surface area (Å²) in [6, 6.07) is 4.79. The van der Waals surface area contributed by atoms with Crippen LogP contribution in [0.15, 0.2) is 18.2 Å². The highest BCUT2D eigenvalue weighted by atomic mass is 79.9. The lowest BCUT2D eigenvalue weighted by atomic mass is 9.83. The number of hydrogen-bond acceptors (Lipinski definition) is 7. The van der Waals surface area contributed by atoms with Crippen LogP contribution < -0.4 is 14.8 Å². The van der Waals surface area contributed by atoms with Gasteiger partial charge in [-0.05, 0) is 43.0 Å². The Morgan fingerprint density at radius 1 is 1.16 bits per heavy atom. The van der Waals surface area contributed by atoms with Gasteiger partial charge in [-0.1, -0.05) is 20.8 Å². The van der Waals surface area contributed by atoms with Crippen LogP contribution >= 0.6 is 17.0 Å². The molecule has 0 aromatic heterocycles. The predicted molar refractivity (Wildman–Crippen MR) is 147 cm³/mol. The molecule has 0 bridgehead atoms. The maximum atomic E-state index is 15.4. The summed E-state index contributed by atoms with van der Waals surface area (Å²) in [6.07, 6.45) is 0. The zero-order valence-corrected chi connectivity index (χ0v) is 23.9. The van der Waals surface area contributed by atoms with Gasteiger partial charge < -0.3 is 29.9 Å². The monoisotopic (exact) mass is 595 g/mol. The van der Waals surface area contributed by atoms with Crippen LogP contribution in [0.25, 0.3) is 0 Å². The first-order valence-corrected chi connectivity index (χ1v) is 12.2. The number of carbonyl (C=O) groups excluding carboxylic acids is 1. The van der Waals surface area contributed by atoms with Crippen LogP contribution in [-0.2, 0) is 23.3 Å². The molecule has 1 aliphatic rings. The molecule has 9 nitrogen and oxygen atoms in total. The molecule has 0 radical (unpaired) electrons. The number of aromatic hydroxyl groups is 1. The van der Waals surface area contributed by atoms with Gasteiger partial charge in [0.1, 0.15) is 11.6 Å². The maximum Gasteiger partial charge on any atom is 0.317 e. The zero-order valence-electron chi connectivity index (χ0n) is 22.2. The third-order valence-electron chi connectivity index (χ3n) is 6.02. The van der Waals surface area contributed by atoms with Crippen molar-refractivity contribution in [1.29, 1.82) is 5.41 Å². The Kier molecular flexibility index (Phi) is 10.3. The van der Waals surface area contributed by atoms with Crippen LogP contribution in [0.2, 0.25) is 0 Å². The van der Waals surface area contributed by atoms with Gasteiger partial charge in [0.2, 0.25) is 0 Å². The van der Waals surface area contributed by atoms with Crippen molar-refractivity contribution in [3.05, 3.63) is 51.8 Å². The number of benzene rings is 2. The molecule has 1 heterocycles. The third kappa shape index (κ3) is 6.63. The van der Waals surface area contributed by atoms with Crippen LogP contribution in [0.5, 0.6) is 17.2 Å². The number of phenols is 1. The van der Waals surface area contributed by atoms with E-state index < -0.39 is 17.2 Å². The number of Topliss-reactive ketones (excluding diaryl/α,β-unsaturated/α-hetero) is 1. The zero-order chi connectivity index (χ0) is 27.5. The van der Waals surface area contributed by atoms with Crippen molar-refractivity contribution in [3.63, 3.8) is 0 Å². The minimum absolute atomic E-state index is 0. The molecule has 0 amide bonds. The summed E-state index contributed by atoms with van der Waals surface area (Å²) in [4.78, 5) is 25.7. The first kappa shape index (κ1) is 31.0. The smallest absolute Gasteiger partial charge is 0.317 e. The van der Waals surface area contributed by atoms with E-state index in [1.165, 1.54) is 11.0 Å². The van der Waals surface area contributed by atoms with Crippen LogP contribution in [0.4, 0.5) is 4.39 Å². The van der Waals surface area contributed by atoms with E-state index in [0.29, 0.717) is 28.9 Å². The molecule has 1 aliphatic heterocycles. The number of ether oxygens (including phenoxy) is 2. The molecule has 0 atom stereocenters. The highest BCUT2D eigenvalue weighted by Gasteiger charge is 2.33. The molecule has 0 unspecified atom stereocenters. The number of hydrogen-bond donors (Lipinski definition) is 4. The number of ketones is 1. The summed E-state index contributed by atoms with van der Waals surface area (Å²) >= 11 is 0. The molecule has 2 aromatic rings. The molecular formula is C27H35BrFN3O6. The van der Waals surface area contributed by atoms with E-state index in [-0.39, 0.29) is 84.2 Å². The summed E-state index contributed by atoms with van der Waals surface area (Å²) < 4.78 is 26.3. The molecule has 4 N–H and O–H groups in total. The second kappa shape index (κ2) is 12.6. The SMILES string of the molecule is Br.CCOc1cc2c(c(F)c1OCC)C(=N)N(CC(=O)c1cc(CNCC(=O)O)c(O)c(C(C)(C)C)c1)C2. The van der Waals surface area contributed by atoms with E-state index in [1.54, 1.807) is 26.0 Å². The molecule has 11 heteroatoms. The number of aliphatic carboxylic acids is 1. The number of halogens is 2. The number of nitrogens with one attached hydrogen (secondary N) is 2. The lowest BCUT2D eigenvalue weighted by Gasteiger charge is -2.24. The van der Waals surface area contributed by atoms with Gasteiger partial charge in [0, 0.05) is 29.8 Å². The third-order valence-corrected chi connectivity index (χ3v) is 6.02. The van der Waals surface area contributed by atoms with Gasteiger partial charge in [-0.3, -0.25) is 15.0 Å². The molecule has 0 fully saturated rings. The summed E-state index contributed by atoms with van der Waals surface area (Å²) in [5.74, 6) is -1.96. The molecule has 208 valence electrons. The van der Waals surface area contributed by atoms with Crippen molar-refractivity contribution >= 4 is 34.6 Å². The number of rotatable bonds is 11. The van der Waals surface area contributed by atoms with E-state index in [9.17, 15) is 14.7 Å². The Balaban J connectivity index is 0.00000507. The number of phenolic OH excluding ortho intramolecular Hbond substituents is 1. The first-order chi connectivity index (χ1) is 17.4. The van der Waals surface area contributed by atoms with Gasteiger partial charge in [0.25, 0.3) is 0 Å². The molecule has 38 heavy (non-hydrogen) atoms. The number of amidine groups is 1. The van der Waals surface area contributed by atoms with E-state index in [1.807, 2.05) is 20.8 Å². The van der Waals surface area contributed by atoms with E-state index in [0.717, 1.165) is 0 Å². The predicted octanol–water partition coefficient (Wildman–Crippen LogP) is 4.40. The molecular weight excluding hydrogens is 561 g/mol. The van der Waals surface area contributed by atoms with Crippen LogP contribution in [-0.4, -0.2) is 59.0 Å². The fraction of sp³-hybridized carbons (Fsp3) is 0.444. The highest BCUT2D eigenvalue weighted by molar-refractivity contribution is 8.93. The quantitative estimate of drug-likeness (QED) is 0.281. The van der Waals surface area contributed by atoms with Crippen LogP contribution in [0.1, 0.15) is 67.2 Å². The Labute approximate surface area is 232 Å². The average molecular weight is 596 g/mol. The number of carboxylic acid groups (broad SMARTS) is 1. The van der Waals surface area contributed by atoms with Gasteiger partial charge in [-0.15, -0.1) is 17.0 Å². The first-order valence-electron chi connectivity index (χ1n) is 12.2. The van der Waals surface area contributed by atoms with E-state index >= 15 is 4.39 Å². The Morgan fingerprint density at radius 3 is 2.39 bits per heavy atom. The van der Waals surface area contributed by atoms with Crippen molar-refractivity contribution in [2.45, 2.75) is 53.1 Å². The largest absolute Gasteiger partial charge is 0.507 e. The summed E-state index contributed by atoms with van der Waals surface area (Å²) in [5, 5.41) is 31.0. The number of carbonyl (C=O) groups is 2. The number of carboxylic acids is 1. The summed E-state index contributed by atoms with van der Waals surface area (Å²) in [5.41, 5.74) is 1.36. The van der Waals surface area contributed by atoms with Gasteiger partial charge in [0.15, 0.2) is 23.1 Å². The number of fused-ring (bicyclic) bond motifs is 1. The molecule has 0 spiro atoms. The summed E-state index contributed by atoms with van der Waals surface area (Å²) in [6.45, 7) is 9.47. The Hall–Kier alpha value is -3.18. The van der Waals surface area contributed by atoms with Crippen molar-refractivity contribution in [1.82, 2.24) is 10.2 Å². The molecule has 3 rings (SSSR count). The van der Waals surface area contributed by atoms with Crippen molar-refractivity contribution in [2.75, 3.05) is 26.3 Å². The van der Waals surface area contributed by atoms with Gasteiger partial charge >= 0.3 is 5.97 Å². The van der Waals surface area contributed by atoms with Crippen molar-refractivity contribution in [2.24, 2.45) is 0 Å². The van der Waals surface area contributed by atoms with Gasteiger partial charge in [-0.2, -0.15) is 0 Å². The minimum Gasteiger partial charge on any atom is -0.507 e. The minimum atomic E-state index is -1.04. The molecule has 0 saturated carbocycles. The van der Waals surface area contributed by atoms with E-state index in [2.05, 4.69) is 5.32 Å². The maximum absolute atomic E-state index is 15.4. The highest BCUT2D eigenvalue weighted by Crippen LogP contribution is 2.39. The second-order valence-electron chi connectivity index (χ2n) is 9.82.